The zero-order valence-corrected chi connectivity index (χ0v) is 9.93. The highest BCUT2D eigenvalue weighted by atomic mass is 16.5. The van der Waals surface area contributed by atoms with E-state index in [4.69, 9.17) is 9.84 Å². The Balaban J connectivity index is 2.22. The van der Waals surface area contributed by atoms with E-state index in [1.54, 1.807) is 7.11 Å². The van der Waals surface area contributed by atoms with Crippen LogP contribution in [0.1, 0.15) is 24.4 Å². The van der Waals surface area contributed by atoms with Crippen LogP contribution in [-0.4, -0.2) is 36.2 Å². The first-order chi connectivity index (χ1) is 8.22. The SMILES string of the molecule is COc1ccccc1C1CCCN1CC(=O)O. The van der Waals surface area contributed by atoms with E-state index in [9.17, 15) is 4.79 Å². The molecule has 1 fully saturated rings. The van der Waals surface area contributed by atoms with Crippen molar-refractivity contribution in [3.63, 3.8) is 0 Å². The fourth-order valence-electron chi connectivity index (χ4n) is 2.48. The molecular formula is C13H17NO3. The van der Waals surface area contributed by atoms with Crippen LogP contribution in [0.3, 0.4) is 0 Å². The molecule has 17 heavy (non-hydrogen) atoms. The summed E-state index contributed by atoms with van der Waals surface area (Å²) in [7, 11) is 1.65. The molecule has 1 atom stereocenters. The lowest BCUT2D eigenvalue weighted by molar-refractivity contribution is -0.138. The number of methoxy groups -OCH3 is 1. The number of nitrogens with zero attached hydrogens (tertiary/aromatic N) is 1. The first-order valence-electron chi connectivity index (χ1n) is 5.81. The minimum absolute atomic E-state index is 0.0999. The summed E-state index contributed by atoms with van der Waals surface area (Å²) in [5.74, 6) is 0.0709. The van der Waals surface area contributed by atoms with Gasteiger partial charge in [-0.1, -0.05) is 18.2 Å². The number of para-hydroxylation sites is 1. The number of ether oxygens (including phenoxy) is 1. The third-order valence-electron chi connectivity index (χ3n) is 3.20. The smallest absolute Gasteiger partial charge is 0.317 e. The molecule has 1 aromatic rings. The summed E-state index contributed by atoms with van der Waals surface area (Å²) in [5.41, 5.74) is 1.09. The molecular weight excluding hydrogens is 218 g/mol. The Morgan fingerprint density at radius 3 is 3.00 bits per heavy atom. The highest BCUT2D eigenvalue weighted by Gasteiger charge is 2.29. The Labute approximate surface area is 101 Å². The van der Waals surface area contributed by atoms with E-state index >= 15 is 0 Å². The van der Waals surface area contributed by atoms with E-state index in [2.05, 4.69) is 0 Å². The topological polar surface area (TPSA) is 49.8 Å². The molecule has 0 spiro atoms. The first kappa shape index (κ1) is 11.9. The molecule has 1 aromatic carbocycles. The number of carboxylic acids is 1. The van der Waals surface area contributed by atoms with Crippen molar-refractivity contribution in [1.82, 2.24) is 4.90 Å². The molecule has 4 heteroatoms. The predicted octanol–water partition coefficient (Wildman–Crippen LogP) is 1.92. The molecule has 1 N–H and O–H groups in total. The number of aliphatic carboxylic acids is 1. The Hall–Kier alpha value is -1.55. The van der Waals surface area contributed by atoms with Gasteiger partial charge in [0.15, 0.2) is 0 Å². The zero-order chi connectivity index (χ0) is 12.3. The zero-order valence-electron chi connectivity index (χ0n) is 9.93. The molecule has 0 aromatic heterocycles. The van der Waals surface area contributed by atoms with E-state index in [0.717, 1.165) is 30.7 Å². The van der Waals surface area contributed by atoms with Gasteiger partial charge < -0.3 is 9.84 Å². The Morgan fingerprint density at radius 1 is 1.53 bits per heavy atom. The van der Waals surface area contributed by atoms with Crippen LogP contribution in [0.4, 0.5) is 0 Å². The van der Waals surface area contributed by atoms with E-state index in [1.807, 2.05) is 29.2 Å². The lowest BCUT2D eigenvalue weighted by atomic mass is 10.0. The average Bonchev–Trinajstić information content (AvgIpc) is 2.76. The molecule has 1 aliphatic heterocycles. The summed E-state index contributed by atoms with van der Waals surface area (Å²) in [6.07, 6.45) is 2.03. The molecule has 0 radical (unpaired) electrons. The van der Waals surface area contributed by atoms with Crippen molar-refractivity contribution in [1.29, 1.82) is 0 Å². The number of hydrogen-bond donors (Lipinski definition) is 1. The van der Waals surface area contributed by atoms with Crippen molar-refractivity contribution in [2.24, 2.45) is 0 Å². The molecule has 0 saturated carbocycles. The van der Waals surface area contributed by atoms with Gasteiger partial charge in [-0.25, -0.2) is 0 Å². The highest BCUT2D eigenvalue weighted by molar-refractivity contribution is 5.69. The van der Waals surface area contributed by atoms with Crippen LogP contribution in [0.5, 0.6) is 5.75 Å². The normalized spacial score (nSPS) is 20.4. The van der Waals surface area contributed by atoms with Gasteiger partial charge in [-0.2, -0.15) is 0 Å². The van der Waals surface area contributed by atoms with Gasteiger partial charge in [0, 0.05) is 11.6 Å². The van der Waals surface area contributed by atoms with E-state index < -0.39 is 5.97 Å². The molecule has 1 unspecified atom stereocenters. The number of carboxylic acid groups (broad SMARTS) is 1. The lowest BCUT2D eigenvalue weighted by Gasteiger charge is -2.24. The van der Waals surface area contributed by atoms with Crippen molar-refractivity contribution < 1.29 is 14.6 Å². The van der Waals surface area contributed by atoms with Crippen molar-refractivity contribution in [2.75, 3.05) is 20.2 Å². The lowest BCUT2D eigenvalue weighted by Crippen LogP contribution is -2.29. The molecule has 0 aliphatic carbocycles. The van der Waals surface area contributed by atoms with Gasteiger partial charge in [-0.3, -0.25) is 9.69 Å². The van der Waals surface area contributed by atoms with Crippen LogP contribution >= 0.6 is 0 Å². The van der Waals surface area contributed by atoms with E-state index in [0.29, 0.717) is 0 Å². The summed E-state index contributed by atoms with van der Waals surface area (Å²) in [6, 6.07) is 8.01. The maximum atomic E-state index is 10.8. The number of rotatable bonds is 4. The summed E-state index contributed by atoms with van der Waals surface area (Å²) in [4.78, 5) is 12.8. The van der Waals surface area contributed by atoms with Gasteiger partial charge in [0.2, 0.25) is 0 Å². The van der Waals surface area contributed by atoms with Gasteiger partial charge in [0.1, 0.15) is 5.75 Å². The van der Waals surface area contributed by atoms with Crippen molar-refractivity contribution >= 4 is 5.97 Å². The third-order valence-corrected chi connectivity index (χ3v) is 3.20. The predicted molar refractivity (Wildman–Crippen MR) is 64.2 cm³/mol. The molecule has 4 nitrogen and oxygen atoms in total. The molecule has 92 valence electrons. The fraction of sp³-hybridized carbons (Fsp3) is 0.462. The maximum Gasteiger partial charge on any atom is 0.317 e. The minimum Gasteiger partial charge on any atom is -0.496 e. The second-order valence-corrected chi connectivity index (χ2v) is 4.26. The molecule has 2 rings (SSSR count). The van der Waals surface area contributed by atoms with Crippen molar-refractivity contribution in [3.8, 4) is 5.75 Å². The van der Waals surface area contributed by atoms with Crippen LogP contribution in [0.2, 0.25) is 0 Å². The molecule has 1 aliphatic rings. The maximum absolute atomic E-state index is 10.8. The summed E-state index contributed by atoms with van der Waals surface area (Å²) >= 11 is 0. The third kappa shape index (κ3) is 2.58. The highest BCUT2D eigenvalue weighted by Crippen LogP contribution is 2.36. The van der Waals surface area contributed by atoms with Crippen molar-refractivity contribution in [2.45, 2.75) is 18.9 Å². The van der Waals surface area contributed by atoms with Crippen LogP contribution in [0.15, 0.2) is 24.3 Å². The van der Waals surface area contributed by atoms with Crippen LogP contribution in [0.25, 0.3) is 0 Å². The molecule has 0 amide bonds. The number of likely N-dealkylation sites (tertiary alicyclic amines) is 1. The van der Waals surface area contributed by atoms with Gasteiger partial charge in [-0.05, 0) is 25.5 Å². The van der Waals surface area contributed by atoms with Crippen LogP contribution < -0.4 is 4.74 Å². The second kappa shape index (κ2) is 5.19. The number of carbonyl (C=O) groups is 1. The van der Waals surface area contributed by atoms with Gasteiger partial charge >= 0.3 is 5.97 Å². The van der Waals surface area contributed by atoms with Gasteiger partial charge in [0.25, 0.3) is 0 Å². The van der Waals surface area contributed by atoms with Crippen molar-refractivity contribution in [3.05, 3.63) is 29.8 Å². The van der Waals surface area contributed by atoms with E-state index in [1.165, 1.54) is 0 Å². The van der Waals surface area contributed by atoms with Crippen LogP contribution in [0, 0.1) is 0 Å². The largest absolute Gasteiger partial charge is 0.496 e. The average molecular weight is 235 g/mol. The first-order valence-corrected chi connectivity index (χ1v) is 5.81. The Bertz CT molecular complexity index is 405. The summed E-state index contributed by atoms with van der Waals surface area (Å²) in [6.45, 7) is 0.942. The number of benzene rings is 1. The second-order valence-electron chi connectivity index (χ2n) is 4.26. The summed E-state index contributed by atoms with van der Waals surface area (Å²) in [5, 5.41) is 8.89. The van der Waals surface area contributed by atoms with Gasteiger partial charge in [-0.15, -0.1) is 0 Å². The molecule has 0 bridgehead atoms. The monoisotopic (exact) mass is 235 g/mol. The fourth-order valence-corrected chi connectivity index (χ4v) is 2.48. The Kier molecular flexibility index (Phi) is 3.64. The van der Waals surface area contributed by atoms with Crippen LogP contribution in [-0.2, 0) is 4.79 Å². The quantitative estimate of drug-likeness (QED) is 0.866. The Morgan fingerprint density at radius 2 is 2.29 bits per heavy atom. The number of hydrogen-bond acceptors (Lipinski definition) is 3. The standard InChI is InChI=1S/C13H17NO3/c1-17-12-7-3-2-5-10(12)11-6-4-8-14(11)9-13(15)16/h2-3,5,7,11H,4,6,8-9H2,1H3,(H,15,16). The molecule has 1 heterocycles. The molecule has 1 saturated heterocycles. The minimum atomic E-state index is -0.771. The summed E-state index contributed by atoms with van der Waals surface area (Å²) < 4.78 is 5.34. The van der Waals surface area contributed by atoms with E-state index in [-0.39, 0.29) is 12.6 Å². The van der Waals surface area contributed by atoms with Gasteiger partial charge in [0.05, 0.1) is 13.7 Å².